The maximum atomic E-state index is 13.2. The van der Waals surface area contributed by atoms with Crippen molar-refractivity contribution in [3.05, 3.63) is 77.1 Å². The number of thioether (sulfide) groups is 1. The highest BCUT2D eigenvalue weighted by molar-refractivity contribution is 7.99. The summed E-state index contributed by atoms with van der Waals surface area (Å²) in [5.74, 6) is 0.951. The molecule has 0 saturated heterocycles. The standard InChI is InChI=1S/C22H19FN4OS2/c1-3-29-19-7-5-4-6-17(19)21(28)25-20-12-14(2)26-27(20)22-24-18(13-30-22)15-8-10-16(23)11-9-15/h4-13H,3H2,1-2H3,(H,25,28). The highest BCUT2D eigenvalue weighted by Crippen LogP contribution is 2.28. The van der Waals surface area contributed by atoms with E-state index in [0.717, 1.165) is 27.6 Å². The number of nitrogens with zero attached hydrogens (tertiary/aromatic N) is 3. The van der Waals surface area contributed by atoms with E-state index in [0.29, 0.717) is 16.5 Å². The number of aryl methyl sites for hydroxylation is 1. The van der Waals surface area contributed by atoms with E-state index in [9.17, 15) is 9.18 Å². The zero-order valence-electron chi connectivity index (χ0n) is 16.4. The van der Waals surface area contributed by atoms with Crippen molar-refractivity contribution in [2.75, 3.05) is 11.1 Å². The number of carbonyl (C=O) groups is 1. The first-order valence-corrected chi connectivity index (χ1v) is 11.2. The van der Waals surface area contributed by atoms with E-state index in [1.807, 2.05) is 42.6 Å². The van der Waals surface area contributed by atoms with E-state index in [2.05, 4.69) is 22.3 Å². The molecule has 0 spiro atoms. The first-order chi connectivity index (χ1) is 14.5. The van der Waals surface area contributed by atoms with Gasteiger partial charge in [0.25, 0.3) is 5.91 Å². The van der Waals surface area contributed by atoms with Crippen LogP contribution in [0.25, 0.3) is 16.4 Å². The Labute approximate surface area is 182 Å². The second-order valence-electron chi connectivity index (χ2n) is 6.49. The van der Waals surface area contributed by atoms with Crippen molar-refractivity contribution in [1.29, 1.82) is 0 Å². The minimum Gasteiger partial charge on any atom is -0.306 e. The fourth-order valence-corrected chi connectivity index (χ4v) is 4.57. The lowest BCUT2D eigenvalue weighted by molar-refractivity contribution is 0.102. The Balaban J connectivity index is 1.62. The Morgan fingerprint density at radius 3 is 2.73 bits per heavy atom. The Morgan fingerprint density at radius 1 is 1.20 bits per heavy atom. The van der Waals surface area contributed by atoms with Crippen LogP contribution in [-0.2, 0) is 0 Å². The molecule has 0 aliphatic carbocycles. The molecule has 2 aromatic heterocycles. The lowest BCUT2D eigenvalue weighted by atomic mass is 10.2. The summed E-state index contributed by atoms with van der Waals surface area (Å²) in [6.07, 6.45) is 0. The van der Waals surface area contributed by atoms with Gasteiger partial charge in [-0.3, -0.25) is 4.79 Å². The molecule has 0 bridgehead atoms. The number of hydrogen-bond acceptors (Lipinski definition) is 5. The molecular formula is C22H19FN4OS2. The molecular weight excluding hydrogens is 419 g/mol. The van der Waals surface area contributed by atoms with Gasteiger partial charge in [0.1, 0.15) is 11.6 Å². The molecule has 4 rings (SSSR count). The number of anilines is 1. The molecule has 152 valence electrons. The van der Waals surface area contributed by atoms with Gasteiger partial charge >= 0.3 is 0 Å². The van der Waals surface area contributed by atoms with Crippen LogP contribution in [0, 0.1) is 12.7 Å². The Hall–Kier alpha value is -2.97. The summed E-state index contributed by atoms with van der Waals surface area (Å²) in [7, 11) is 0. The van der Waals surface area contributed by atoms with Crippen molar-refractivity contribution in [3.8, 4) is 16.4 Å². The first kappa shape index (κ1) is 20.3. The molecule has 0 radical (unpaired) electrons. The number of carbonyl (C=O) groups excluding carboxylic acids is 1. The number of thiazole rings is 1. The highest BCUT2D eigenvalue weighted by Gasteiger charge is 2.17. The molecule has 5 nitrogen and oxygen atoms in total. The van der Waals surface area contributed by atoms with Crippen LogP contribution in [0.5, 0.6) is 0 Å². The predicted molar refractivity (Wildman–Crippen MR) is 120 cm³/mol. The van der Waals surface area contributed by atoms with Crippen LogP contribution in [0.4, 0.5) is 10.2 Å². The summed E-state index contributed by atoms with van der Waals surface area (Å²) in [6, 6.07) is 15.5. The third-order valence-electron chi connectivity index (χ3n) is 4.32. The quantitative estimate of drug-likeness (QED) is 0.386. The van der Waals surface area contributed by atoms with E-state index in [4.69, 9.17) is 0 Å². The minimum absolute atomic E-state index is 0.192. The zero-order chi connectivity index (χ0) is 21.1. The Bertz CT molecular complexity index is 1180. The van der Waals surface area contributed by atoms with E-state index >= 15 is 0 Å². The second-order valence-corrected chi connectivity index (χ2v) is 8.63. The lowest BCUT2D eigenvalue weighted by Crippen LogP contribution is -2.16. The maximum Gasteiger partial charge on any atom is 0.257 e. The normalized spacial score (nSPS) is 10.9. The molecule has 4 aromatic rings. The SMILES string of the molecule is CCSc1ccccc1C(=O)Nc1cc(C)nn1-c1nc(-c2ccc(F)cc2)cs1. The summed E-state index contributed by atoms with van der Waals surface area (Å²) in [5.41, 5.74) is 2.94. The molecule has 2 aromatic carbocycles. The fraction of sp³-hybridized carbons (Fsp3) is 0.136. The second kappa shape index (κ2) is 8.81. The molecule has 1 N–H and O–H groups in total. The molecule has 30 heavy (non-hydrogen) atoms. The molecule has 2 heterocycles. The monoisotopic (exact) mass is 438 g/mol. The third kappa shape index (κ3) is 4.29. The minimum atomic E-state index is -0.288. The predicted octanol–water partition coefficient (Wildman–Crippen LogP) is 5.81. The summed E-state index contributed by atoms with van der Waals surface area (Å²) < 4.78 is 14.8. The van der Waals surface area contributed by atoms with E-state index < -0.39 is 0 Å². The zero-order valence-corrected chi connectivity index (χ0v) is 18.1. The number of amides is 1. The highest BCUT2D eigenvalue weighted by atomic mass is 32.2. The van der Waals surface area contributed by atoms with Gasteiger partial charge in [0, 0.05) is 21.9 Å². The number of nitrogens with one attached hydrogen (secondary N) is 1. The van der Waals surface area contributed by atoms with Crippen LogP contribution in [0.3, 0.4) is 0 Å². The van der Waals surface area contributed by atoms with Gasteiger partial charge in [0.05, 0.1) is 17.0 Å². The molecule has 0 aliphatic rings. The average Bonchev–Trinajstić information content (AvgIpc) is 3.36. The van der Waals surface area contributed by atoms with Gasteiger partial charge in [-0.15, -0.1) is 23.1 Å². The van der Waals surface area contributed by atoms with E-state index in [1.54, 1.807) is 28.6 Å². The van der Waals surface area contributed by atoms with Gasteiger partial charge in [0.2, 0.25) is 5.13 Å². The number of aromatic nitrogens is 3. The van der Waals surface area contributed by atoms with Crippen LogP contribution in [0.2, 0.25) is 0 Å². The molecule has 0 aliphatic heterocycles. The summed E-state index contributed by atoms with van der Waals surface area (Å²) in [4.78, 5) is 18.5. The fourth-order valence-electron chi connectivity index (χ4n) is 2.97. The summed E-state index contributed by atoms with van der Waals surface area (Å²) in [5, 5.41) is 9.97. The Kier molecular flexibility index (Phi) is 5.96. The first-order valence-electron chi connectivity index (χ1n) is 9.37. The van der Waals surface area contributed by atoms with Crippen LogP contribution in [-0.4, -0.2) is 26.4 Å². The lowest BCUT2D eigenvalue weighted by Gasteiger charge is -2.10. The number of benzene rings is 2. The largest absolute Gasteiger partial charge is 0.306 e. The van der Waals surface area contributed by atoms with Crippen LogP contribution >= 0.6 is 23.1 Å². The van der Waals surface area contributed by atoms with Gasteiger partial charge in [-0.05, 0) is 49.1 Å². The van der Waals surface area contributed by atoms with Gasteiger partial charge in [-0.2, -0.15) is 9.78 Å². The van der Waals surface area contributed by atoms with Crippen molar-refractivity contribution < 1.29 is 9.18 Å². The van der Waals surface area contributed by atoms with Crippen LogP contribution in [0.15, 0.2) is 64.9 Å². The smallest absolute Gasteiger partial charge is 0.257 e. The van der Waals surface area contributed by atoms with Gasteiger partial charge in [-0.25, -0.2) is 9.37 Å². The topological polar surface area (TPSA) is 59.8 Å². The van der Waals surface area contributed by atoms with Gasteiger partial charge < -0.3 is 5.32 Å². The summed E-state index contributed by atoms with van der Waals surface area (Å²) >= 11 is 3.03. The van der Waals surface area contributed by atoms with Crippen molar-refractivity contribution in [3.63, 3.8) is 0 Å². The number of hydrogen-bond donors (Lipinski definition) is 1. The van der Waals surface area contributed by atoms with Gasteiger partial charge in [0.15, 0.2) is 0 Å². The molecule has 8 heteroatoms. The van der Waals surface area contributed by atoms with Crippen molar-refractivity contribution in [1.82, 2.24) is 14.8 Å². The number of rotatable bonds is 6. The number of halogens is 1. The van der Waals surface area contributed by atoms with Crippen LogP contribution in [0.1, 0.15) is 23.0 Å². The molecule has 0 atom stereocenters. The molecule has 0 saturated carbocycles. The van der Waals surface area contributed by atoms with Gasteiger partial charge in [-0.1, -0.05) is 19.1 Å². The third-order valence-corrected chi connectivity index (χ3v) is 6.09. The Morgan fingerprint density at radius 2 is 1.97 bits per heavy atom. The van der Waals surface area contributed by atoms with E-state index in [-0.39, 0.29) is 11.7 Å². The molecule has 0 fully saturated rings. The van der Waals surface area contributed by atoms with Crippen molar-refractivity contribution in [2.24, 2.45) is 0 Å². The molecule has 1 amide bonds. The van der Waals surface area contributed by atoms with Crippen molar-refractivity contribution >= 4 is 34.8 Å². The van der Waals surface area contributed by atoms with Crippen molar-refractivity contribution in [2.45, 2.75) is 18.7 Å². The molecule has 0 unspecified atom stereocenters. The van der Waals surface area contributed by atoms with Crippen LogP contribution < -0.4 is 5.32 Å². The maximum absolute atomic E-state index is 13.2. The average molecular weight is 439 g/mol. The summed E-state index contributed by atoms with van der Waals surface area (Å²) in [6.45, 7) is 3.92. The van der Waals surface area contributed by atoms with E-state index in [1.165, 1.54) is 23.5 Å².